The highest BCUT2D eigenvalue weighted by atomic mass is 35.5. The summed E-state index contributed by atoms with van der Waals surface area (Å²) in [7, 11) is 0. The number of carbonyl (C=O) groups excluding carboxylic acids is 1. The van der Waals surface area contributed by atoms with Crippen LogP contribution in [0.15, 0.2) is 59.6 Å². The Morgan fingerprint density at radius 1 is 1.17 bits per heavy atom. The number of thioether (sulfide) groups is 1. The van der Waals surface area contributed by atoms with E-state index in [0.29, 0.717) is 38.1 Å². The number of nitrogens with zero attached hydrogens (tertiary/aromatic N) is 2. The summed E-state index contributed by atoms with van der Waals surface area (Å²) in [5.41, 5.74) is 3.45. The molecule has 0 bridgehead atoms. The topological polar surface area (TPSA) is 65.8 Å². The maximum absolute atomic E-state index is 13.2. The Kier molecular flexibility index (Phi) is 7.51. The molecule has 2 aromatic carbocycles. The van der Waals surface area contributed by atoms with Gasteiger partial charge in [-0.25, -0.2) is 4.98 Å². The molecule has 3 rings (SSSR count). The first-order valence-electron chi connectivity index (χ1n) is 9.75. The molecule has 1 N–H and O–H groups in total. The fourth-order valence-electron chi connectivity index (χ4n) is 3.10. The van der Waals surface area contributed by atoms with Gasteiger partial charge in [0.2, 0.25) is 0 Å². The first-order valence-corrected chi connectivity index (χ1v) is 11.1. The summed E-state index contributed by atoms with van der Waals surface area (Å²) in [5, 5.41) is 14.2. The third kappa shape index (κ3) is 5.02. The predicted molar refractivity (Wildman–Crippen MR) is 124 cm³/mol. The Morgan fingerprint density at radius 3 is 2.50 bits per heavy atom. The van der Waals surface area contributed by atoms with Gasteiger partial charge in [-0.05, 0) is 48.9 Å². The molecule has 1 amide bonds. The lowest BCUT2D eigenvalue weighted by molar-refractivity contribution is 0.102. The zero-order valence-corrected chi connectivity index (χ0v) is 18.5. The number of carbonyl (C=O) groups is 1. The van der Waals surface area contributed by atoms with E-state index in [1.807, 2.05) is 49.4 Å². The van der Waals surface area contributed by atoms with E-state index >= 15 is 0 Å². The number of para-hydroxylation sites is 1. The molecule has 0 saturated carbocycles. The minimum Gasteiger partial charge on any atom is -0.322 e. The summed E-state index contributed by atoms with van der Waals surface area (Å²) < 4.78 is 0. The number of halogens is 1. The Morgan fingerprint density at radius 2 is 1.87 bits per heavy atom. The minimum atomic E-state index is -0.294. The quantitative estimate of drug-likeness (QED) is 0.330. The van der Waals surface area contributed by atoms with Crippen molar-refractivity contribution in [3.05, 3.63) is 76.4 Å². The molecule has 0 aliphatic carbocycles. The average Bonchev–Trinajstić information content (AvgIpc) is 2.74. The molecule has 30 heavy (non-hydrogen) atoms. The Labute approximate surface area is 186 Å². The Balaban J connectivity index is 2.16. The lowest BCUT2D eigenvalue weighted by Crippen LogP contribution is -2.17. The molecule has 152 valence electrons. The number of benzene rings is 2. The van der Waals surface area contributed by atoms with Gasteiger partial charge >= 0.3 is 0 Å². The van der Waals surface area contributed by atoms with E-state index in [2.05, 4.69) is 23.3 Å². The maximum atomic E-state index is 13.2. The predicted octanol–water partition coefficient (Wildman–Crippen LogP) is 6.73. The summed E-state index contributed by atoms with van der Waals surface area (Å²) in [4.78, 5) is 17.9. The molecule has 1 aromatic heterocycles. The average molecular weight is 436 g/mol. The van der Waals surface area contributed by atoms with Crippen LogP contribution in [0.3, 0.4) is 0 Å². The molecule has 0 spiro atoms. The lowest BCUT2D eigenvalue weighted by atomic mass is 9.94. The molecule has 1 heterocycles. The second kappa shape index (κ2) is 10.3. The number of hydrogen-bond donors (Lipinski definition) is 1. The molecule has 0 unspecified atom stereocenters. The van der Waals surface area contributed by atoms with Gasteiger partial charge in [-0.15, -0.1) is 11.8 Å². The van der Waals surface area contributed by atoms with E-state index in [9.17, 15) is 10.1 Å². The highest BCUT2D eigenvalue weighted by molar-refractivity contribution is 7.99. The summed E-state index contributed by atoms with van der Waals surface area (Å²) >= 11 is 7.62. The highest BCUT2D eigenvalue weighted by Gasteiger charge is 2.24. The molecule has 6 heteroatoms. The van der Waals surface area contributed by atoms with Gasteiger partial charge in [0.1, 0.15) is 11.1 Å². The van der Waals surface area contributed by atoms with Crippen molar-refractivity contribution in [3.63, 3.8) is 0 Å². The number of nitrogens with one attached hydrogen (secondary N) is 1. The molecule has 0 saturated heterocycles. The molecule has 4 nitrogen and oxygen atoms in total. The van der Waals surface area contributed by atoms with Crippen LogP contribution >= 0.6 is 23.4 Å². The standard InChI is InChI=1S/C24H22ClN3OS/c1-3-4-14-30-24-20(15-26)22(17-10-12-18(25)13-11-17)21(16(2)27-24)23(29)28-19-8-6-5-7-9-19/h5-13H,3-4,14H2,1-2H3,(H,28,29). The largest absolute Gasteiger partial charge is 0.322 e. The van der Waals surface area contributed by atoms with Crippen LogP contribution in [-0.2, 0) is 0 Å². The Hall–Kier alpha value is -2.81. The van der Waals surface area contributed by atoms with Gasteiger partial charge in [-0.3, -0.25) is 4.79 Å². The van der Waals surface area contributed by atoms with Gasteiger partial charge in [-0.1, -0.05) is 55.3 Å². The molecule has 3 aromatic rings. The smallest absolute Gasteiger partial charge is 0.258 e. The molecule has 0 aliphatic heterocycles. The molecular weight excluding hydrogens is 414 g/mol. The summed E-state index contributed by atoms with van der Waals surface area (Å²) in [6.45, 7) is 3.94. The number of aromatic nitrogens is 1. The lowest BCUT2D eigenvalue weighted by Gasteiger charge is -2.17. The first-order chi connectivity index (χ1) is 14.5. The number of nitriles is 1. The van der Waals surface area contributed by atoms with Crippen molar-refractivity contribution in [3.8, 4) is 17.2 Å². The minimum absolute atomic E-state index is 0.294. The van der Waals surface area contributed by atoms with Crippen LogP contribution in [-0.4, -0.2) is 16.6 Å². The number of amides is 1. The van der Waals surface area contributed by atoms with E-state index < -0.39 is 0 Å². The fraction of sp³-hybridized carbons (Fsp3) is 0.208. The molecule has 0 radical (unpaired) electrons. The third-order valence-corrected chi connectivity index (χ3v) is 5.90. The van der Waals surface area contributed by atoms with E-state index in [1.54, 1.807) is 23.9 Å². The van der Waals surface area contributed by atoms with Crippen LogP contribution < -0.4 is 5.32 Å². The van der Waals surface area contributed by atoms with Crippen LogP contribution in [0, 0.1) is 18.3 Å². The normalized spacial score (nSPS) is 10.5. The molecule has 0 aliphatic rings. The van der Waals surface area contributed by atoms with Gasteiger partial charge < -0.3 is 5.32 Å². The number of pyridine rings is 1. The summed E-state index contributed by atoms with van der Waals surface area (Å²) in [6.07, 6.45) is 2.10. The van der Waals surface area contributed by atoms with Gasteiger partial charge in [0.25, 0.3) is 5.91 Å². The third-order valence-electron chi connectivity index (χ3n) is 4.59. The summed E-state index contributed by atoms with van der Waals surface area (Å²) in [6, 6.07) is 18.7. The van der Waals surface area contributed by atoms with Crippen LogP contribution in [0.25, 0.3) is 11.1 Å². The van der Waals surface area contributed by atoms with Crippen molar-refractivity contribution >= 4 is 35.0 Å². The van der Waals surface area contributed by atoms with Crippen LogP contribution in [0.5, 0.6) is 0 Å². The summed E-state index contributed by atoms with van der Waals surface area (Å²) in [5.74, 6) is 0.575. The first kappa shape index (κ1) is 21.9. The van der Waals surface area contributed by atoms with Gasteiger partial charge in [0, 0.05) is 16.3 Å². The van der Waals surface area contributed by atoms with E-state index in [-0.39, 0.29) is 5.91 Å². The molecule has 0 atom stereocenters. The highest BCUT2D eigenvalue weighted by Crippen LogP contribution is 2.36. The van der Waals surface area contributed by atoms with Crippen molar-refractivity contribution in [1.82, 2.24) is 4.98 Å². The fourth-order valence-corrected chi connectivity index (χ4v) is 4.34. The zero-order chi connectivity index (χ0) is 21.5. The van der Waals surface area contributed by atoms with Crippen LogP contribution in [0.1, 0.15) is 41.4 Å². The van der Waals surface area contributed by atoms with E-state index in [0.717, 1.165) is 24.2 Å². The number of aryl methyl sites for hydroxylation is 1. The second-order valence-corrected chi connectivity index (χ2v) is 8.29. The molecule has 0 fully saturated rings. The van der Waals surface area contributed by atoms with Crippen LogP contribution in [0.2, 0.25) is 5.02 Å². The Bertz CT molecular complexity index is 1080. The second-order valence-electron chi connectivity index (χ2n) is 6.77. The van der Waals surface area contributed by atoms with Crippen molar-refractivity contribution in [1.29, 1.82) is 5.26 Å². The number of hydrogen-bond acceptors (Lipinski definition) is 4. The SMILES string of the molecule is CCCCSc1nc(C)c(C(=O)Nc2ccccc2)c(-c2ccc(Cl)cc2)c1C#N. The van der Waals surface area contributed by atoms with Crippen molar-refractivity contribution in [2.24, 2.45) is 0 Å². The monoisotopic (exact) mass is 435 g/mol. The van der Waals surface area contributed by atoms with Crippen molar-refractivity contribution in [2.75, 3.05) is 11.1 Å². The van der Waals surface area contributed by atoms with Gasteiger partial charge in [0.15, 0.2) is 0 Å². The van der Waals surface area contributed by atoms with Crippen LogP contribution in [0.4, 0.5) is 5.69 Å². The zero-order valence-electron chi connectivity index (χ0n) is 16.9. The van der Waals surface area contributed by atoms with E-state index in [1.165, 1.54) is 0 Å². The number of anilines is 1. The number of rotatable bonds is 7. The number of unbranched alkanes of at least 4 members (excludes halogenated alkanes) is 1. The van der Waals surface area contributed by atoms with Crippen molar-refractivity contribution in [2.45, 2.75) is 31.7 Å². The van der Waals surface area contributed by atoms with Gasteiger partial charge in [0.05, 0.1) is 16.8 Å². The maximum Gasteiger partial charge on any atom is 0.258 e. The molecular formula is C24H22ClN3OS. The van der Waals surface area contributed by atoms with E-state index in [4.69, 9.17) is 11.6 Å². The van der Waals surface area contributed by atoms with Gasteiger partial charge in [-0.2, -0.15) is 5.26 Å². The van der Waals surface area contributed by atoms with Crippen molar-refractivity contribution < 1.29 is 4.79 Å².